The van der Waals surface area contributed by atoms with E-state index in [2.05, 4.69) is 18.0 Å². The third kappa shape index (κ3) is 3.60. The van der Waals surface area contributed by atoms with Crippen LogP contribution in [0.3, 0.4) is 0 Å². The number of rotatable bonds is 5. The van der Waals surface area contributed by atoms with E-state index < -0.39 is 5.54 Å². The predicted octanol–water partition coefficient (Wildman–Crippen LogP) is 4.00. The van der Waals surface area contributed by atoms with Gasteiger partial charge in [0.05, 0.1) is 6.07 Å². The van der Waals surface area contributed by atoms with E-state index in [0.29, 0.717) is 5.02 Å². The Hall–Kier alpha value is -1.46. The average molecular weight is 235 g/mol. The van der Waals surface area contributed by atoms with Crippen LogP contribution in [-0.2, 0) is 0 Å². The van der Waals surface area contributed by atoms with E-state index in [0.717, 1.165) is 18.5 Å². The first-order valence-corrected chi connectivity index (χ1v) is 5.53. The molecule has 3 heteroatoms. The molecule has 16 heavy (non-hydrogen) atoms. The third-order valence-electron chi connectivity index (χ3n) is 2.34. The maximum absolute atomic E-state index is 9.16. The number of hydrogen-bond donors (Lipinski definition) is 1. The fourth-order valence-electron chi connectivity index (χ4n) is 1.42. The Kier molecular flexibility index (Phi) is 4.39. The highest BCUT2D eigenvalue weighted by molar-refractivity contribution is 6.30. The largest absolute Gasteiger partial charge is 0.368 e. The molecule has 1 N–H and O–H groups in total. The van der Waals surface area contributed by atoms with E-state index >= 15 is 0 Å². The summed E-state index contributed by atoms with van der Waals surface area (Å²) in [6.07, 6.45) is 3.34. The lowest BCUT2D eigenvalue weighted by Gasteiger charge is -2.24. The first-order valence-electron chi connectivity index (χ1n) is 5.15. The van der Waals surface area contributed by atoms with Crippen LogP contribution in [0.5, 0.6) is 0 Å². The van der Waals surface area contributed by atoms with Gasteiger partial charge in [-0.2, -0.15) is 5.26 Å². The molecule has 0 aromatic heterocycles. The third-order valence-corrected chi connectivity index (χ3v) is 2.58. The second-order valence-corrected chi connectivity index (χ2v) is 4.34. The highest BCUT2D eigenvalue weighted by Gasteiger charge is 2.22. The van der Waals surface area contributed by atoms with Gasteiger partial charge in [-0.05, 0) is 38.0 Å². The molecule has 1 unspecified atom stereocenters. The number of nitrogens with one attached hydrogen (secondary N) is 1. The van der Waals surface area contributed by atoms with Crippen LogP contribution in [0.4, 0.5) is 5.69 Å². The van der Waals surface area contributed by atoms with Gasteiger partial charge in [0, 0.05) is 10.7 Å². The standard InChI is InChI=1S/C13H15ClN2/c1-3-4-8-13(2,10-15)16-12-7-5-6-11(14)9-12/h3,5-7,9,16H,1,4,8H2,2H3. The van der Waals surface area contributed by atoms with Gasteiger partial charge >= 0.3 is 0 Å². The smallest absolute Gasteiger partial charge is 0.122 e. The summed E-state index contributed by atoms with van der Waals surface area (Å²) in [5, 5.41) is 13.0. The summed E-state index contributed by atoms with van der Waals surface area (Å²) in [5.41, 5.74) is 0.277. The maximum atomic E-state index is 9.16. The van der Waals surface area contributed by atoms with Crippen molar-refractivity contribution in [3.05, 3.63) is 41.9 Å². The molecule has 0 aliphatic rings. The molecule has 2 nitrogen and oxygen atoms in total. The molecule has 0 heterocycles. The number of allylic oxidation sites excluding steroid dienone is 1. The van der Waals surface area contributed by atoms with Crippen molar-refractivity contribution in [3.8, 4) is 6.07 Å². The predicted molar refractivity (Wildman–Crippen MR) is 68.5 cm³/mol. The lowest BCUT2D eigenvalue weighted by Crippen LogP contribution is -2.32. The van der Waals surface area contributed by atoms with Crippen LogP contribution in [0.1, 0.15) is 19.8 Å². The van der Waals surface area contributed by atoms with Crippen LogP contribution >= 0.6 is 11.6 Å². The molecule has 0 radical (unpaired) electrons. The van der Waals surface area contributed by atoms with Crippen LogP contribution in [0.2, 0.25) is 5.02 Å². The van der Waals surface area contributed by atoms with Crippen LogP contribution in [0.25, 0.3) is 0 Å². The monoisotopic (exact) mass is 234 g/mol. The van der Waals surface area contributed by atoms with E-state index in [9.17, 15) is 0 Å². The Morgan fingerprint density at radius 3 is 2.94 bits per heavy atom. The van der Waals surface area contributed by atoms with Crippen molar-refractivity contribution in [2.24, 2.45) is 0 Å². The minimum Gasteiger partial charge on any atom is -0.368 e. The van der Waals surface area contributed by atoms with Crippen LogP contribution < -0.4 is 5.32 Å². The van der Waals surface area contributed by atoms with E-state index in [4.69, 9.17) is 16.9 Å². The lowest BCUT2D eigenvalue weighted by molar-refractivity contribution is 0.596. The summed E-state index contributed by atoms with van der Waals surface area (Å²) in [6, 6.07) is 9.65. The van der Waals surface area contributed by atoms with Gasteiger partial charge in [0.1, 0.15) is 5.54 Å². The van der Waals surface area contributed by atoms with Gasteiger partial charge in [0.15, 0.2) is 0 Å². The zero-order valence-electron chi connectivity index (χ0n) is 9.33. The molecule has 0 saturated heterocycles. The molecule has 1 aromatic carbocycles. The van der Waals surface area contributed by atoms with Crippen molar-refractivity contribution in [1.29, 1.82) is 5.26 Å². The van der Waals surface area contributed by atoms with Gasteiger partial charge in [0.25, 0.3) is 0 Å². The topological polar surface area (TPSA) is 35.8 Å². The molecular formula is C13H15ClN2. The Balaban J connectivity index is 2.77. The summed E-state index contributed by atoms with van der Waals surface area (Å²) in [6.45, 7) is 5.53. The molecule has 0 fully saturated rings. The second kappa shape index (κ2) is 5.58. The molecule has 0 amide bonds. The molecule has 0 aliphatic carbocycles. The van der Waals surface area contributed by atoms with Gasteiger partial charge in [-0.3, -0.25) is 0 Å². The highest BCUT2D eigenvalue weighted by Crippen LogP contribution is 2.22. The van der Waals surface area contributed by atoms with Crippen LogP contribution in [0.15, 0.2) is 36.9 Å². The molecule has 0 aliphatic heterocycles. The molecule has 1 rings (SSSR count). The quantitative estimate of drug-likeness (QED) is 0.782. The van der Waals surface area contributed by atoms with Gasteiger partial charge in [-0.1, -0.05) is 23.7 Å². The number of benzene rings is 1. The number of anilines is 1. The van der Waals surface area contributed by atoms with Crippen molar-refractivity contribution in [3.63, 3.8) is 0 Å². The fraction of sp³-hybridized carbons (Fsp3) is 0.308. The number of hydrogen-bond acceptors (Lipinski definition) is 2. The van der Waals surface area contributed by atoms with E-state index in [1.54, 1.807) is 6.07 Å². The van der Waals surface area contributed by atoms with Crippen LogP contribution in [0, 0.1) is 11.3 Å². The normalized spacial score (nSPS) is 13.6. The van der Waals surface area contributed by atoms with Gasteiger partial charge < -0.3 is 5.32 Å². The maximum Gasteiger partial charge on any atom is 0.122 e. The van der Waals surface area contributed by atoms with Gasteiger partial charge in [-0.25, -0.2) is 0 Å². The van der Waals surface area contributed by atoms with E-state index in [1.165, 1.54) is 0 Å². The summed E-state index contributed by atoms with van der Waals surface area (Å²) in [4.78, 5) is 0. The average Bonchev–Trinajstić information content (AvgIpc) is 2.26. The number of halogens is 1. The Bertz CT molecular complexity index is 409. The molecule has 84 valence electrons. The molecular weight excluding hydrogens is 220 g/mol. The van der Waals surface area contributed by atoms with Crippen LogP contribution in [-0.4, -0.2) is 5.54 Å². The molecule has 0 spiro atoms. The molecule has 1 aromatic rings. The minimum atomic E-state index is -0.584. The summed E-state index contributed by atoms with van der Waals surface area (Å²) in [5.74, 6) is 0. The van der Waals surface area contributed by atoms with Gasteiger partial charge in [-0.15, -0.1) is 6.58 Å². The molecule has 1 atom stereocenters. The van der Waals surface area contributed by atoms with Crippen molar-refractivity contribution in [1.82, 2.24) is 0 Å². The fourth-order valence-corrected chi connectivity index (χ4v) is 1.61. The number of nitrogens with zero attached hydrogens (tertiary/aromatic N) is 1. The van der Waals surface area contributed by atoms with Crippen molar-refractivity contribution >= 4 is 17.3 Å². The van der Waals surface area contributed by atoms with Gasteiger partial charge in [0.2, 0.25) is 0 Å². The minimum absolute atomic E-state index is 0.584. The van der Waals surface area contributed by atoms with E-state index in [1.807, 2.05) is 31.2 Å². The summed E-state index contributed by atoms with van der Waals surface area (Å²) >= 11 is 5.88. The lowest BCUT2D eigenvalue weighted by atomic mass is 9.97. The SMILES string of the molecule is C=CCCC(C)(C#N)Nc1cccc(Cl)c1. The van der Waals surface area contributed by atoms with Crippen molar-refractivity contribution < 1.29 is 0 Å². The van der Waals surface area contributed by atoms with E-state index in [-0.39, 0.29) is 0 Å². The van der Waals surface area contributed by atoms with Crippen molar-refractivity contribution in [2.45, 2.75) is 25.3 Å². The summed E-state index contributed by atoms with van der Waals surface area (Å²) < 4.78 is 0. The molecule has 0 bridgehead atoms. The first-order chi connectivity index (χ1) is 7.59. The Labute approximate surface area is 102 Å². The first kappa shape index (κ1) is 12.6. The second-order valence-electron chi connectivity index (χ2n) is 3.91. The van der Waals surface area contributed by atoms with Crippen molar-refractivity contribution in [2.75, 3.05) is 5.32 Å². The zero-order valence-corrected chi connectivity index (χ0v) is 10.1. The Morgan fingerprint density at radius 2 is 2.38 bits per heavy atom. The summed E-state index contributed by atoms with van der Waals surface area (Å²) in [7, 11) is 0. The Morgan fingerprint density at radius 1 is 1.62 bits per heavy atom. The highest BCUT2D eigenvalue weighted by atomic mass is 35.5. The molecule has 0 saturated carbocycles. The zero-order chi connectivity index (χ0) is 12.0. The number of nitriles is 1.